The molecule has 8 aromatic rings. The van der Waals surface area contributed by atoms with Crippen molar-refractivity contribution in [3.05, 3.63) is 169 Å². The number of rotatable bonds is 6. The van der Waals surface area contributed by atoms with Crippen molar-refractivity contribution in [1.29, 1.82) is 0 Å². The first-order chi connectivity index (χ1) is 28.0. The van der Waals surface area contributed by atoms with Gasteiger partial charge in [0.25, 0.3) is 0 Å². The van der Waals surface area contributed by atoms with E-state index >= 15 is 0 Å². The van der Waals surface area contributed by atoms with Crippen molar-refractivity contribution in [2.75, 3.05) is 0 Å². The first-order valence-corrected chi connectivity index (χ1v) is 18.1. The van der Waals surface area contributed by atoms with Crippen molar-refractivity contribution in [3.8, 4) is 67.5 Å². The molecule has 0 aliphatic heterocycles. The van der Waals surface area contributed by atoms with Gasteiger partial charge in [-0.2, -0.15) is 0 Å². The standard InChI is InChI=1S/C50H44N3O.Pt/c1-49(2,3)39-29-37(28-38(30-39)43-32-36(26-27-51-43)34-18-11-8-12-19-34)40-21-15-22-45-47(40)52-48(41-20-13-14-23-46(41)54)53(45)44-25-24-35(31-42(44)50(4,5)6)33-16-9-7-10-17-33;/h7-27,29-32,54H,1-6H3;/q-1;/i8D,11D,12D,18D,19D;. The van der Waals surface area contributed by atoms with E-state index < -0.39 is 6.04 Å². The summed E-state index contributed by atoms with van der Waals surface area (Å²) >= 11 is 0. The third-order valence-corrected chi connectivity index (χ3v) is 9.83. The van der Waals surface area contributed by atoms with Gasteiger partial charge in [0.15, 0.2) is 0 Å². The third-order valence-electron chi connectivity index (χ3n) is 9.83. The van der Waals surface area contributed by atoms with E-state index in [1.165, 1.54) is 0 Å². The van der Waals surface area contributed by atoms with Gasteiger partial charge in [-0.05, 0) is 75.0 Å². The fourth-order valence-electron chi connectivity index (χ4n) is 6.96. The van der Waals surface area contributed by atoms with Crippen molar-refractivity contribution < 1.29 is 33.0 Å². The average Bonchev–Trinajstić information content (AvgIpc) is 3.61. The van der Waals surface area contributed by atoms with Crippen LogP contribution in [0, 0.1) is 6.07 Å². The van der Waals surface area contributed by atoms with Gasteiger partial charge in [0.2, 0.25) is 0 Å². The Labute approximate surface area is 345 Å². The zero-order chi connectivity index (χ0) is 42.0. The molecule has 0 radical (unpaired) electrons. The van der Waals surface area contributed by atoms with Gasteiger partial charge in [0.05, 0.1) is 29.1 Å². The van der Waals surface area contributed by atoms with E-state index in [-0.39, 0.29) is 67.4 Å². The first kappa shape index (κ1) is 31.7. The molecule has 0 aliphatic rings. The van der Waals surface area contributed by atoms with Crippen LogP contribution in [0.3, 0.4) is 0 Å². The summed E-state index contributed by atoms with van der Waals surface area (Å²) in [6, 6.07) is 39.8. The fraction of sp³-hybridized carbons (Fsp3) is 0.160. The van der Waals surface area contributed by atoms with Crippen LogP contribution in [0.25, 0.3) is 72.7 Å². The van der Waals surface area contributed by atoms with E-state index in [2.05, 4.69) is 94.6 Å². The second-order valence-corrected chi connectivity index (χ2v) is 15.7. The molecule has 0 spiro atoms. The molecule has 0 fully saturated rings. The number of phenolic OH excluding ortho intramolecular Hbond substituents is 1. The molecule has 276 valence electrons. The number of imidazole rings is 1. The molecule has 2 heterocycles. The zero-order valence-electron chi connectivity index (χ0n) is 36.7. The maximum Gasteiger partial charge on any atom is 0.148 e. The molecule has 0 saturated carbocycles. The molecule has 0 aliphatic carbocycles. The summed E-state index contributed by atoms with van der Waals surface area (Å²) in [5.74, 6) is 0.723. The molecule has 0 unspecified atom stereocenters. The van der Waals surface area contributed by atoms with Crippen molar-refractivity contribution in [2.24, 2.45) is 0 Å². The van der Waals surface area contributed by atoms with Crippen molar-refractivity contribution in [1.82, 2.24) is 14.5 Å². The smallest absolute Gasteiger partial charge is 0.148 e. The van der Waals surface area contributed by atoms with Gasteiger partial charge in [0.1, 0.15) is 11.6 Å². The van der Waals surface area contributed by atoms with E-state index in [0.717, 1.165) is 50.1 Å². The Hall–Kier alpha value is -5.57. The predicted octanol–water partition coefficient (Wildman–Crippen LogP) is 12.9. The van der Waals surface area contributed by atoms with Crippen LogP contribution in [0.15, 0.2) is 152 Å². The number of fused-ring (bicyclic) bond motifs is 1. The monoisotopic (exact) mass is 902 g/mol. The van der Waals surface area contributed by atoms with Crippen LogP contribution in [0.4, 0.5) is 0 Å². The minimum absolute atomic E-state index is 0. The average molecular weight is 903 g/mol. The van der Waals surface area contributed by atoms with Crippen LogP contribution in [0.5, 0.6) is 5.75 Å². The Morgan fingerprint density at radius 3 is 2.05 bits per heavy atom. The second kappa shape index (κ2) is 14.9. The van der Waals surface area contributed by atoms with Gasteiger partial charge in [-0.15, -0.1) is 29.3 Å². The normalized spacial score (nSPS) is 13.0. The molecular weight excluding hydrogens is 854 g/mol. The number of hydrogen-bond donors (Lipinski definition) is 1. The summed E-state index contributed by atoms with van der Waals surface area (Å²) in [5, 5.41) is 11.3. The van der Waals surface area contributed by atoms with Gasteiger partial charge in [-0.3, -0.25) is 9.55 Å². The quantitative estimate of drug-likeness (QED) is 0.169. The van der Waals surface area contributed by atoms with E-state index in [0.29, 0.717) is 28.2 Å². The molecule has 6 aromatic carbocycles. The Morgan fingerprint density at radius 1 is 0.636 bits per heavy atom. The van der Waals surface area contributed by atoms with Gasteiger partial charge in [-0.1, -0.05) is 150 Å². The number of para-hydroxylation sites is 2. The molecule has 0 bridgehead atoms. The SMILES string of the molecule is [2H]c1c([2H])c([2H])c(-c2ccnc(-c3[c-]c(-c4cccc5c4nc(-c4ccccc4O)n5-c4ccc(-c5ccccc5)cc4C(C)(C)C)cc(C(C)(C)C)c3)c2)c([2H])c1[2H].[Pt]. The van der Waals surface area contributed by atoms with Crippen molar-refractivity contribution >= 4 is 11.0 Å². The number of aromatic nitrogens is 3. The Balaban J connectivity index is 0.00000544. The third kappa shape index (κ3) is 7.44. The summed E-state index contributed by atoms with van der Waals surface area (Å²) in [6.07, 6.45) is 1.60. The number of benzene rings is 6. The summed E-state index contributed by atoms with van der Waals surface area (Å²) < 4.78 is 44.0. The number of hydrogen-bond acceptors (Lipinski definition) is 3. The molecule has 5 heteroatoms. The van der Waals surface area contributed by atoms with Crippen LogP contribution < -0.4 is 0 Å². The van der Waals surface area contributed by atoms with Gasteiger partial charge >= 0.3 is 0 Å². The Kier molecular flexibility index (Phi) is 8.62. The molecule has 4 nitrogen and oxygen atoms in total. The van der Waals surface area contributed by atoms with Crippen LogP contribution in [-0.4, -0.2) is 19.6 Å². The minimum atomic E-state index is -0.435. The summed E-state index contributed by atoms with van der Waals surface area (Å²) in [7, 11) is 0. The molecule has 8 rings (SSSR count). The number of pyridine rings is 1. The molecule has 55 heavy (non-hydrogen) atoms. The van der Waals surface area contributed by atoms with Crippen LogP contribution >= 0.6 is 0 Å². The number of aromatic hydroxyl groups is 1. The maximum absolute atomic E-state index is 11.3. The fourth-order valence-corrected chi connectivity index (χ4v) is 6.96. The summed E-state index contributed by atoms with van der Waals surface area (Å²) in [4.78, 5) is 10.1. The van der Waals surface area contributed by atoms with Crippen molar-refractivity contribution in [2.45, 2.75) is 52.4 Å². The van der Waals surface area contributed by atoms with Gasteiger partial charge in [0, 0.05) is 33.0 Å². The molecule has 0 amide bonds. The van der Waals surface area contributed by atoms with Crippen LogP contribution in [-0.2, 0) is 31.9 Å². The number of phenols is 1. The summed E-state index contributed by atoms with van der Waals surface area (Å²) in [6.45, 7) is 13.1. The van der Waals surface area contributed by atoms with E-state index in [4.69, 9.17) is 16.8 Å². The largest absolute Gasteiger partial charge is 0.507 e. The Morgan fingerprint density at radius 2 is 1.33 bits per heavy atom. The molecule has 1 N–H and O–H groups in total. The zero-order valence-corrected chi connectivity index (χ0v) is 33.9. The van der Waals surface area contributed by atoms with Crippen LogP contribution in [0.2, 0.25) is 0 Å². The minimum Gasteiger partial charge on any atom is -0.507 e. The molecule has 0 atom stereocenters. The first-order valence-electron chi connectivity index (χ1n) is 20.6. The predicted molar refractivity (Wildman–Crippen MR) is 224 cm³/mol. The maximum atomic E-state index is 11.3. The van der Waals surface area contributed by atoms with Crippen molar-refractivity contribution in [3.63, 3.8) is 0 Å². The second-order valence-electron chi connectivity index (χ2n) is 15.7. The van der Waals surface area contributed by atoms with E-state index in [1.807, 2.05) is 54.6 Å². The molecular formula is C50H44N3OPt-. The topological polar surface area (TPSA) is 50.9 Å². The number of nitrogens with zero attached hydrogens (tertiary/aromatic N) is 3. The summed E-state index contributed by atoms with van der Waals surface area (Å²) in [5.41, 5.74) is 10.4. The molecule has 0 saturated heterocycles. The van der Waals surface area contributed by atoms with Crippen LogP contribution in [0.1, 0.15) is 59.5 Å². The van der Waals surface area contributed by atoms with E-state index in [9.17, 15) is 5.11 Å². The molecule has 2 aromatic heterocycles. The van der Waals surface area contributed by atoms with Gasteiger partial charge in [-0.25, -0.2) is 4.98 Å². The van der Waals surface area contributed by atoms with Gasteiger partial charge < -0.3 is 5.11 Å². The Bertz CT molecular complexity index is 2900. The van der Waals surface area contributed by atoms with E-state index in [1.54, 1.807) is 24.4 Å².